The lowest BCUT2D eigenvalue weighted by molar-refractivity contribution is -0.127. The molecule has 0 aliphatic rings. The number of hydrogen-bond acceptors (Lipinski definition) is 5. The summed E-state index contributed by atoms with van der Waals surface area (Å²) in [5.74, 6) is 1.05. The minimum atomic E-state index is 0.0455. The van der Waals surface area contributed by atoms with Crippen molar-refractivity contribution >= 4 is 29.0 Å². The van der Waals surface area contributed by atoms with E-state index >= 15 is 0 Å². The Morgan fingerprint density at radius 2 is 1.69 bits per heavy atom. The summed E-state index contributed by atoms with van der Waals surface area (Å²) < 4.78 is 6.07. The first kappa shape index (κ1) is 19.5. The first-order chi connectivity index (χ1) is 14.2. The van der Waals surface area contributed by atoms with E-state index in [0.29, 0.717) is 11.8 Å². The predicted molar refractivity (Wildman–Crippen MR) is 119 cm³/mol. The zero-order chi connectivity index (χ0) is 20.1. The molecule has 4 nitrogen and oxygen atoms in total. The highest BCUT2D eigenvalue weighted by Crippen LogP contribution is 2.35. The number of nitrogens with zero attached hydrogens (tertiary/aromatic N) is 2. The molecule has 2 heterocycles. The van der Waals surface area contributed by atoms with Crippen molar-refractivity contribution in [3.8, 4) is 22.6 Å². The lowest BCUT2D eigenvalue weighted by Gasteiger charge is -2.15. The van der Waals surface area contributed by atoms with Crippen molar-refractivity contribution in [1.29, 1.82) is 0 Å². The molecule has 2 aromatic carbocycles. The van der Waals surface area contributed by atoms with Gasteiger partial charge in [-0.15, -0.1) is 11.3 Å². The summed E-state index contributed by atoms with van der Waals surface area (Å²) in [4.78, 5) is 20.1. The Labute approximate surface area is 178 Å². The van der Waals surface area contributed by atoms with Crippen LogP contribution in [0.3, 0.4) is 0 Å². The number of carbonyl (C=O) groups excluding carboxylic acids is 1. The highest BCUT2D eigenvalue weighted by Gasteiger charge is 2.19. The first-order valence-electron chi connectivity index (χ1n) is 9.21. The molecule has 0 unspecified atom stereocenters. The molecule has 146 valence electrons. The van der Waals surface area contributed by atoms with Crippen LogP contribution in [0.5, 0.6) is 0 Å². The molecular weight excluding hydrogens is 400 g/mol. The maximum Gasteiger partial charge on any atom is 0.257 e. The van der Waals surface area contributed by atoms with Gasteiger partial charge in [0.2, 0.25) is 5.91 Å². The Morgan fingerprint density at radius 3 is 2.34 bits per heavy atom. The van der Waals surface area contributed by atoms with E-state index in [2.05, 4.69) is 0 Å². The highest BCUT2D eigenvalue weighted by molar-refractivity contribution is 7.99. The molecule has 0 radical (unpaired) electrons. The number of carbonyl (C=O) groups is 1. The zero-order valence-electron chi connectivity index (χ0n) is 15.9. The van der Waals surface area contributed by atoms with Crippen LogP contribution >= 0.6 is 23.1 Å². The Kier molecular flexibility index (Phi) is 6.12. The molecule has 29 heavy (non-hydrogen) atoms. The molecule has 1 amide bonds. The van der Waals surface area contributed by atoms with Gasteiger partial charge in [0, 0.05) is 23.1 Å². The van der Waals surface area contributed by atoms with Crippen molar-refractivity contribution in [2.45, 2.75) is 11.8 Å². The Balaban J connectivity index is 1.52. The van der Waals surface area contributed by atoms with Crippen LogP contribution in [-0.4, -0.2) is 28.6 Å². The van der Waals surface area contributed by atoms with Gasteiger partial charge < -0.3 is 9.32 Å². The molecule has 0 fully saturated rings. The molecular formula is C23H20N2O2S2. The number of thioether (sulfide) groups is 1. The van der Waals surface area contributed by atoms with Crippen LogP contribution < -0.4 is 0 Å². The summed E-state index contributed by atoms with van der Waals surface area (Å²) in [6.45, 7) is 0.618. The van der Waals surface area contributed by atoms with Gasteiger partial charge in [-0.05, 0) is 11.4 Å². The summed E-state index contributed by atoms with van der Waals surface area (Å²) >= 11 is 2.98. The van der Waals surface area contributed by atoms with Crippen LogP contribution in [0.15, 0.2) is 87.8 Å². The molecule has 0 aliphatic carbocycles. The van der Waals surface area contributed by atoms with Gasteiger partial charge in [0.1, 0.15) is 5.69 Å². The summed E-state index contributed by atoms with van der Waals surface area (Å²) in [6, 6.07) is 23.9. The van der Waals surface area contributed by atoms with Crippen molar-refractivity contribution in [2.75, 3.05) is 12.8 Å². The fourth-order valence-electron chi connectivity index (χ4n) is 2.90. The van der Waals surface area contributed by atoms with Gasteiger partial charge in [-0.3, -0.25) is 4.79 Å². The highest BCUT2D eigenvalue weighted by atomic mass is 32.2. The Bertz CT molecular complexity index is 1000. The van der Waals surface area contributed by atoms with E-state index in [4.69, 9.17) is 9.40 Å². The molecule has 0 saturated heterocycles. The number of oxazole rings is 1. The number of benzene rings is 2. The third-order valence-electron chi connectivity index (χ3n) is 4.41. The van der Waals surface area contributed by atoms with Crippen molar-refractivity contribution in [3.05, 3.63) is 83.1 Å². The van der Waals surface area contributed by atoms with E-state index < -0.39 is 0 Å². The second kappa shape index (κ2) is 9.11. The zero-order valence-corrected chi connectivity index (χ0v) is 17.6. The molecule has 0 saturated carbocycles. The molecule has 0 N–H and O–H groups in total. The second-order valence-electron chi connectivity index (χ2n) is 6.51. The van der Waals surface area contributed by atoms with Gasteiger partial charge in [0.05, 0.1) is 12.3 Å². The fraction of sp³-hybridized carbons (Fsp3) is 0.130. The Morgan fingerprint density at radius 1 is 1.00 bits per heavy atom. The largest absolute Gasteiger partial charge is 0.431 e. The standard InChI is InChI=1S/C23H20N2O2S2/c1-25(15-19-13-8-14-28-19)20(26)16-29-23-24-21(17-9-4-2-5-10-17)22(27-23)18-11-6-3-7-12-18/h2-14H,15-16H2,1H3. The molecule has 0 atom stereocenters. The van der Waals surface area contributed by atoms with E-state index in [1.807, 2.05) is 85.2 Å². The molecule has 0 spiro atoms. The van der Waals surface area contributed by atoms with E-state index in [-0.39, 0.29) is 11.7 Å². The maximum atomic E-state index is 12.5. The number of thiophene rings is 1. The molecule has 4 rings (SSSR count). The Hall–Kier alpha value is -2.83. The van der Waals surface area contributed by atoms with Crippen molar-refractivity contribution in [2.24, 2.45) is 0 Å². The minimum Gasteiger partial charge on any atom is -0.431 e. The van der Waals surface area contributed by atoms with Gasteiger partial charge >= 0.3 is 0 Å². The first-order valence-corrected chi connectivity index (χ1v) is 11.1. The van der Waals surface area contributed by atoms with E-state index in [0.717, 1.165) is 22.6 Å². The van der Waals surface area contributed by atoms with Crippen molar-refractivity contribution in [3.63, 3.8) is 0 Å². The van der Waals surface area contributed by atoms with E-state index in [9.17, 15) is 4.79 Å². The average molecular weight is 421 g/mol. The van der Waals surface area contributed by atoms with Gasteiger partial charge in [0.25, 0.3) is 5.22 Å². The van der Waals surface area contributed by atoms with Crippen LogP contribution in [0.2, 0.25) is 0 Å². The van der Waals surface area contributed by atoms with Gasteiger partial charge in [-0.1, -0.05) is 78.5 Å². The minimum absolute atomic E-state index is 0.0455. The SMILES string of the molecule is CN(Cc1cccs1)C(=O)CSc1nc(-c2ccccc2)c(-c2ccccc2)o1. The van der Waals surface area contributed by atoms with Gasteiger partial charge in [-0.25, -0.2) is 4.98 Å². The summed E-state index contributed by atoms with van der Waals surface area (Å²) in [6.07, 6.45) is 0. The van der Waals surface area contributed by atoms with Crippen LogP contribution in [0.4, 0.5) is 0 Å². The molecule has 4 aromatic rings. The monoisotopic (exact) mass is 420 g/mol. The molecule has 0 aliphatic heterocycles. The fourth-order valence-corrected chi connectivity index (χ4v) is 4.42. The third-order valence-corrected chi connectivity index (χ3v) is 6.08. The van der Waals surface area contributed by atoms with E-state index in [1.54, 1.807) is 16.2 Å². The predicted octanol–water partition coefficient (Wildman–Crippen LogP) is 5.82. The average Bonchev–Trinajstić information content (AvgIpc) is 3.43. The van der Waals surface area contributed by atoms with Gasteiger partial charge in [0.15, 0.2) is 5.76 Å². The van der Waals surface area contributed by atoms with Crippen LogP contribution in [-0.2, 0) is 11.3 Å². The van der Waals surface area contributed by atoms with E-state index in [1.165, 1.54) is 16.6 Å². The van der Waals surface area contributed by atoms with Crippen LogP contribution in [0.25, 0.3) is 22.6 Å². The summed E-state index contributed by atoms with van der Waals surface area (Å²) in [5, 5.41) is 2.52. The molecule has 2 aromatic heterocycles. The lowest BCUT2D eigenvalue weighted by Crippen LogP contribution is -2.27. The lowest BCUT2D eigenvalue weighted by atomic mass is 10.1. The smallest absolute Gasteiger partial charge is 0.257 e. The number of amides is 1. The normalized spacial score (nSPS) is 10.8. The quantitative estimate of drug-likeness (QED) is 0.353. The molecule has 0 bridgehead atoms. The summed E-state index contributed by atoms with van der Waals surface area (Å²) in [7, 11) is 1.82. The second-order valence-corrected chi connectivity index (χ2v) is 8.47. The topological polar surface area (TPSA) is 46.3 Å². The third kappa shape index (κ3) is 4.78. The number of hydrogen-bond donors (Lipinski definition) is 0. The number of aromatic nitrogens is 1. The summed E-state index contributed by atoms with van der Waals surface area (Å²) in [5.41, 5.74) is 2.74. The van der Waals surface area contributed by atoms with Crippen molar-refractivity contribution < 1.29 is 9.21 Å². The van der Waals surface area contributed by atoms with Crippen LogP contribution in [0, 0.1) is 0 Å². The van der Waals surface area contributed by atoms with Crippen LogP contribution in [0.1, 0.15) is 4.88 Å². The van der Waals surface area contributed by atoms with Crippen molar-refractivity contribution in [1.82, 2.24) is 9.88 Å². The van der Waals surface area contributed by atoms with Gasteiger partial charge in [-0.2, -0.15) is 0 Å². The maximum absolute atomic E-state index is 12.5. The molecule has 6 heteroatoms. The number of rotatable bonds is 7.